The van der Waals surface area contributed by atoms with Crippen molar-refractivity contribution in [2.24, 2.45) is 17.6 Å². The maximum absolute atomic E-state index is 11.7. The Morgan fingerprint density at radius 3 is 2.88 bits per heavy atom. The third-order valence-electron chi connectivity index (χ3n) is 4.20. The van der Waals surface area contributed by atoms with Gasteiger partial charge in [0, 0.05) is 24.2 Å². The van der Waals surface area contributed by atoms with Gasteiger partial charge in [-0.25, -0.2) is 4.98 Å². The zero-order valence-electron chi connectivity index (χ0n) is 9.28. The quantitative estimate of drug-likeness (QED) is 0.783. The molecule has 0 aromatic carbocycles. The summed E-state index contributed by atoms with van der Waals surface area (Å²) in [5, 5.41) is 0. The van der Waals surface area contributed by atoms with Crippen molar-refractivity contribution in [2.45, 2.75) is 38.1 Å². The second-order valence-corrected chi connectivity index (χ2v) is 5.11. The first-order valence-corrected chi connectivity index (χ1v) is 6.06. The molecule has 1 heterocycles. The van der Waals surface area contributed by atoms with E-state index in [-0.39, 0.29) is 12.1 Å². The van der Waals surface area contributed by atoms with Gasteiger partial charge in [0.2, 0.25) is 0 Å². The van der Waals surface area contributed by atoms with Crippen molar-refractivity contribution in [3.8, 4) is 0 Å². The minimum Gasteiger partial charge on any atom is -0.326 e. The number of aromatic amines is 1. The number of aromatic nitrogens is 2. The average molecular weight is 219 g/mol. The number of rotatable bonds is 2. The van der Waals surface area contributed by atoms with Crippen molar-refractivity contribution in [3.63, 3.8) is 0 Å². The SMILES string of the molecule is NCc1cnc(C2CC3CCC2C3)[nH]c1=O. The fourth-order valence-electron chi connectivity index (χ4n) is 3.35. The minimum atomic E-state index is -0.0599. The van der Waals surface area contributed by atoms with E-state index in [0.717, 1.165) is 17.7 Å². The molecule has 3 rings (SSSR count). The maximum Gasteiger partial charge on any atom is 0.255 e. The zero-order valence-corrected chi connectivity index (χ0v) is 9.28. The highest BCUT2D eigenvalue weighted by Gasteiger charge is 2.41. The molecule has 1 aromatic heterocycles. The molecule has 86 valence electrons. The summed E-state index contributed by atoms with van der Waals surface area (Å²) in [4.78, 5) is 18.9. The molecule has 16 heavy (non-hydrogen) atoms. The van der Waals surface area contributed by atoms with Crippen molar-refractivity contribution in [3.05, 3.63) is 27.9 Å². The van der Waals surface area contributed by atoms with Gasteiger partial charge in [0.25, 0.3) is 5.56 Å². The summed E-state index contributed by atoms with van der Waals surface area (Å²) in [7, 11) is 0. The number of nitrogens with zero attached hydrogens (tertiary/aromatic N) is 1. The lowest BCUT2D eigenvalue weighted by Gasteiger charge is -2.20. The Balaban J connectivity index is 1.90. The third-order valence-corrected chi connectivity index (χ3v) is 4.20. The monoisotopic (exact) mass is 219 g/mol. The number of hydrogen-bond acceptors (Lipinski definition) is 3. The smallest absolute Gasteiger partial charge is 0.255 e. The van der Waals surface area contributed by atoms with Crippen LogP contribution in [0.15, 0.2) is 11.0 Å². The first-order valence-electron chi connectivity index (χ1n) is 6.06. The first-order chi connectivity index (χ1) is 7.78. The van der Waals surface area contributed by atoms with Crippen LogP contribution in [-0.4, -0.2) is 9.97 Å². The standard InChI is InChI=1S/C12H17N3O/c13-5-9-6-14-11(15-12(9)16)10-4-7-1-2-8(10)3-7/h6-8,10H,1-5,13H2,(H,14,15,16). The summed E-state index contributed by atoms with van der Waals surface area (Å²) >= 11 is 0. The van der Waals surface area contributed by atoms with Crippen LogP contribution >= 0.6 is 0 Å². The topological polar surface area (TPSA) is 71.8 Å². The highest BCUT2D eigenvalue weighted by molar-refractivity contribution is 5.11. The van der Waals surface area contributed by atoms with E-state index in [1.165, 1.54) is 25.7 Å². The second kappa shape index (κ2) is 3.70. The highest BCUT2D eigenvalue weighted by Crippen LogP contribution is 2.51. The number of fused-ring (bicyclic) bond motifs is 2. The van der Waals surface area contributed by atoms with Crippen LogP contribution < -0.4 is 11.3 Å². The maximum atomic E-state index is 11.7. The predicted molar refractivity (Wildman–Crippen MR) is 60.9 cm³/mol. The van der Waals surface area contributed by atoms with E-state index >= 15 is 0 Å². The van der Waals surface area contributed by atoms with Gasteiger partial charge in [-0.1, -0.05) is 6.42 Å². The zero-order chi connectivity index (χ0) is 11.1. The Morgan fingerprint density at radius 1 is 1.44 bits per heavy atom. The molecule has 4 nitrogen and oxygen atoms in total. The summed E-state index contributed by atoms with van der Waals surface area (Å²) < 4.78 is 0. The van der Waals surface area contributed by atoms with Crippen molar-refractivity contribution >= 4 is 0 Å². The Morgan fingerprint density at radius 2 is 2.31 bits per heavy atom. The van der Waals surface area contributed by atoms with Crippen molar-refractivity contribution < 1.29 is 0 Å². The van der Waals surface area contributed by atoms with Gasteiger partial charge in [0.15, 0.2) is 0 Å². The number of hydrogen-bond donors (Lipinski definition) is 2. The van der Waals surface area contributed by atoms with Crippen molar-refractivity contribution in [1.29, 1.82) is 0 Å². The minimum absolute atomic E-state index is 0.0599. The fraction of sp³-hybridized carbons (Fsp3) is 0.667. The van der Waals surface area contributed by atoms with Crippen LogP contribution in [-0.2, 0) is 6.54 Å². The Hall–Kier alpha value is -1.16. The summed E-state index contributed by atoms with van der Waals surface area (Å²) in [6.07, 6.45) is 6.84. The van der Waals surface area contributed by atoms with Gasteiger partial charge in [-0.3, -0.25) is 4.79 Å². The average Bonchev–Trinajstić information content (AvgIpc) is 2.90. The van der Waals surface area contributed by atoms with E-state index in [0.29, 0.717) is 11.5 Å². The highest BCUT2D eigenvalue weighted by atomic mass is 16.1. The molecule has 3 unspecified atom stereocenters. The second-order valence-electron chi connectivity index (χ2n) is 5.11. The van der Waals surface area contributed by atoms with Crippen LogP contribution in [0.25, 0.3) is 0 Å². The van der Waals surface area contributed by atoms with Crippen molar-refractivity contribution in [2.75, 3.05) is 0 Å². The molecule has 3 N–H and O–H groups in total. The molecule has 4 heteroatoms. The van der Waals surface area contributed by atoms with Crippen LogP contribution in [0.4, 0.5) is 0 Å². The normalized spacial score (nSPS) is 32.2. The van der Waals surface area contributed by atoms with Gasteiger partial charge in [-0.2, -0.15) is 0 Å². The molecule has 0 saturated heterocycles. The van der Waals surface area contributed by atoms with Gasteiger partial charge in [0.1, 0.15) is 5.82 Å². The fourth-order valence-corrected chi connectivity index (χ4v) is 3.35. The lowest BCUT2D eigenvalue weighted by molar-refractivity contribution is 0.404. The van der Waals surface area contributed by atoms with Gasteiger partial charge in [-0.15, -0.1) is 0 Å². The predicted octanol–water partition coefficient (Wildman–Crippen LogP) is 1.13. The molecule has 2 aliphatic carbocycles. The van der Waals surface area contributed by atoms with E-state index in [2.05, 4.69) is 9.97 Å². The Labute approximate surface area is 94.3 Å². The summed E-state index contributed by atoms with van der Waals surface area (Å²) in [6, 6.07) is 0. The number of H-pyrrole nitrogens is 1. The molecule has 2 bridgehead atoms. The summed E-state index contributed by atoms with van der Waals surface area (Å²) in [6.45, 7) is 0.263. The van der Waals surface area contributed by atoms with Gasteiger partial charge in [-0.05, 0) is 31.1 Å². The molecule has 0 amide bonds. The molecule has 0 aliphatic heterocycles. The van der Waals surface area contributed by atoms with Crippen molar-refractivity contribution in [1.82, 2.24) is 9.97 Å². The molecule has 2 aliphatic rings. The van der Waals surface area contributed by atoms with Crippen LogP contribution in [0.1, 0.15) is 43.0 Å². The lowest BCUT2D eigenvalue weighted by Crippen LogP contribution is -2.22. The van der Waals surface area contributed by atoms with Crippen LogP contribution in [0.3, 0.4) is 0 Å². The summed E-state index contributed by atoms with van der Waals surface area (Å²) in [5.74, 6) is 2.99. The molecule has 0 spiro atoms. The van der Waals surface area contributed by atoms with E-state index in [1.807, 2.05) is 0 Å². The summed E-state index contributed by atoms with van der Waals surface area (Å²) in [5.41, 5.74) is 5.97. The van der Waals surface area contributed by atoms with Gasteiger partial charge in [0.05, 0.1) is 0 Å². The lowest BCUT2D eigenvalue weighted by atomic mass is 9.88. The van der Waals surface area contributed by atoms with Crippen LogP contribution in [0.5, 0.6) is 0 Å². The van der Waals surface area contributed by atoms with Crippen LogP contribution in [0, 0.1) is 11.8 Å². The molecular weight excluding hydrogens is 202 g/mol. The molecule has 2 saturated carbocycles. The van der Waals surface area contributed by atoms with E-state index in [9.17, 15) is 4.79 Å². The number of nitrogens with one attached hydrogen (secondary N) is 1. The van der Waals surface area contributed by atoms with E-state index < -0.39 is 0 Å². The first kappa shape index (κ1) is 10.0. The molecular formula is C12H17N3O. The van der Waals surface area contributed by atoms with Crippen LogP contribution in [0.2, 0.25) is 0 Å². The number of nitrogens with two attached hydrogens (primary N) is 1. The molecule has 3 atom stereocenters. The Kier molecular flexibility index (Phi) is 2.32. The van der Waals surface area contributed by atoms with E-state index in [4.69, 9.17) is 5.73 Å². The molecule has 1 aromatic rings. The molecule has 0 radical (unpaired) electrons. The van der Waals surface area contributed by atoms with E-state index in [1.54, 1.807) is 6.20 Å². The largest absolute Gasteiger partial charge is 0.326 e. The van der Waals surface area contributed by atoms with Gasteiger partial charge < -0.3 is 10.7 Å². The third kappa shape index (κ3) is 1.48. The van der Waals surface area contributed by atoms with Gasteiger partial charge >= 0.3 is 0 Å². The molecule has 2 fully saturated rings. The Bertz CT molecular complexity index is 454.